The van der Waals surface area contributed by atoms with Gasteiger partial charge in [-0.05, 0) is 24.5 Å². The highest BCUT2D eigenvalue weighted by molar-refractivity contribution is 5.85. The molecule has 2 rings (SSSR count). The molecule has 14 heavy (non-hydrogen) atoms. The summed E-state index contributed by atoms with van der Waals surface area (Å²) in [5.74, 6) is 0.0445. The van der Waals surface area contributed by atoms with Crippen molar-refractivity contribution >= 4 is 10.9 Å². The van der Waals surface area contributed by atoms with Gasteiger partial charge in [-0.15, -0.1) is 0 Å². The average molecular weight is 192 g/mol. The van der Waals surface area contributed by atoms with Crippen molar-refractivity contribution in [1.29, 1.82) is 0 Å². The van der Waals surface area contributed by atoms with Crippen molar-refractivity contribution in [1.82, 2.24) is 10.2 Å². The van der Waals surface area contributed by atoms with E-state index >= 15 is 0 Å². The molecule has 3 heteroatoms. The van der Waals surface area contributed by atoms with Crippen LogP contribution in [0.1, 0.15) is 31.0 Å². The quantitative estimate of drug-likeness (QED) is 0.738. The first kappa shape index (κ1) is 9.19. The third kappa shape index (κ3) is 1.20. The monoisotopic (exact) mass is 192 g/mol. The molecule has 1 aromatic heterocycles. The maximum atomic E-state index is 13.6. The highest BCUT2D eigenvalue weighted by Gasteiger charge is 2.14. The van der Waals surface area contributed by atoms with Crippen LogP contribution in [-0.4, -0.2) is 10.2 Å². The summed E-state index contributed by atoms with van der Waals surface area (Å²) in [5, 5.41) is 7.68. The van der Waals surface area contributed by atoms with Crippen LogP contribution < -0.4 is 0 Å². The van der Waals surface area contributed by atoms with Gasteiger partial charge in [-0.3, -0.25) is 5.10 Å². The molecule has 0 aliphatic heterocycles. The van der Waals surface area contributed by atoms with E-state index in [0.29, 0.717) is 5.39 Å². The molecule has 0 atom stereocenters. The standard InChI is InChI=1S/C11H13FN2/c1-6(2)10-9-8(12)5-4-7(3)11(9)14-13-10/h4-6H,1-3H3,(H,13,14). The summed E-state index contributed by atoms with van der Waals surface area (Å²) in [6, 6.07) is 3.26. The predicted molar refractivity (Wildman–Crippen MR) is 54.9 cm³/mol. The van der Waals surface area contributed by atoms with Crippen LogP contribution in [0.2, 0.25) is 0 Å². The molecule has 0 aliphatic carbocycles. The summed E-state index contributed by atoms with van der Waals surface area (Å²) in [4.78, 5) is 0. The lowest BCUT2D eigenvalue weighted by molar-refractivity contribution is 0.637. The number of rotatable bonds is 1. The molecule has 0 saturated carbocycles. The fraction of sp³-hybridized carbons (Fsp3) is 0.364. The second kappa shape index (κ2) is 3.08. The Hall–Kier alpha value is -1.38. The van der Waals surface area contributed by atoms with Gasteiger partial charge in [-0.2, -0.15) is 5.10 Å². The third-order valence-corrected chi connectivity index (χ3v) is 2.45. The summed E-state index contributed by atoms with van der Waals surface area (Å²) in [7, 11) is 0. The summed E-state index contributed by atoms with van der Waals surface area (Å²) in [6.45, 7) is 5.97. The molecule has 2 aromatic rings. The van der Waals surface area contributed by atoms with E-state index in [1.165, 1.54) is 6.07 Å². The molecule has 1 N–H and O–H groups in total. The van der Waals surface area contributed by atoms with Gasteiger partial charge in [0.15, 0.2) is 0 Å². The largest absolute Gasteiger partial charge is 0.277 e. The number of nitrogens with zero attached hydrogens (tertiary/aromatic N) is 1. The number of halogens is 1. The van der Waals surface area contributed by atoms with Gasteiger partial charge >= 0.3 is 0 Å². The van der Waals surface area contributed by atoms with Crippen molar-refractivity contribution in [3.63, 3.8) is 0 Å². The maximum absolute atomic E-state index is 13.6. The minimum Gasteiger partial charge on any atom is -0.277 e. The zero-order valence-corrected chi connectivity index (χ0v) is 8.56. The molecule has 0 amide bonds. The highest BCUT2D eigenvalue weighted by atomic mass is 19.1. The van der Waals surface area contributed by atoms with E-state index in [9.17, 15) is 4.39 Å². The van der Waals surface area contributed by atoms with Gasteiger partial charge in [0.2, 0.25) is 0 Å². The number of fused-ring (bicyclic) bond motifs is 1. The van der Waals surface area contributed by atoms with Gasteiger partial charge in [0.1, 0.15) is 5.82 Å². The fourth-order valence-corrected chi connectivity index (χ4v) is 1.67. The average Bonchev–Trinajstić information content (AvgIpc) is 2.56. The van der Waals surface area contributed by atoms with Crippen LogP contribution >= 0.6 is 0 Å². The number of aromatic amines is 1. The van der Waals surface area contributed by atoms with Crippen molar-refractivity contribution in [2.45, 2.75) is 26.7 Å². The Morgan fingerprint density at radius 1 is 1.36 bits per heavy atom. The number of aryl methyl sites for hydroxylation is 1. The smallest absolute Gasteiger partial charge is 0.134 e. The maximum Gasteiger partial charge on any atom is 0.134 e. The Morgan fingerprint density at radius 2 is 2.07 bits per heavy atom. The fourth-order valence-electron chi connectivity index (χ4n) is 1.67. The van der Waals surface area contributed by atoms with E-state index in [1.54, 1.807) is 6.07 Å². The first-order valence-corrected chi connectivity index (χ1v) is 4.74. The molecule has 0 radical (unpaired) electrons. The van der Waals surface area contributed by atoms with Crippen molar-refractivity contribution in [2.24, 2.45) is 0 Å². The van der Waals surface area contributed by atoms with Crippen LogP contribution in [0.3, 0.4) is 0 Å². The minimum absolute atomic E-state index is 0.192. The molecular weight excluding hydrogens is 179 g/mol. The van der Waals surface area contributed by atoms with Gasteiger partial charge in [0, 0.05) is 0 Å². The van der Waals surface area contributed by atoms with Crippen LogP contribution in [0.5, 0.6) is 0 Å². The van der Waals surface area contributed by atoms with E-state index in [-0.39, 0.29) is 11.7 Å². The lowest BCUT2D eigenvalue weighted by Crippen LogP contribution is -1.89. The van der Waals surface area contributed by atoms with Crippen LogP contribution in [0.15, 0.2) is 12.1 Å². The molecule has 0 spiro atoms. The van der Waals surface area contributed by atoms with E-state index in [1.807, 2.05) is 20.8 Å². The molecule has 1 aromatic carbocycles. The molecule has 74 valence electrons. The number of hydrogen-bond donors (Lipinski definition) is 1. The van der Waals surface area contributed by atoms with E-state index in [0.717, 1.165) is 16.8 Å². The van der Waals surface area contributed by atoms with Gasteiger partial charge in [0.05, 0.1) is 16.6 Å². The summed E-state index contributed by atoms with van der Waals surface area (Å²) in [6.07, 6.45) is 0. The van der Waals surface area contributed by atoms with Crippen LogP contribution in [-0.2, 0) is 0 Å². The first-order chi connectivity index (χ1) is 6.61. The Morgan fingerprint density at radius 3 is 2.71 bits per heavy atom. The number of aromatic nitrogens is 2. The first-order valence-electron chi connectivity index (χ1n) is 4.74. The lowest BCUT2D eigenvalue weighted by atomic mass is 10.0. The molecule has 0 aliphatic rings. The zero-order chi connectivity index (χ0) is 10.3. The van der Waals surface area contributed by atoms with E-state index < -0.39 is 0 Å². The predicted octanol–water partition coefficient (Wildman–Crippen LogP) is 3.13. The normalized spacial score (nSPS) is 11.5. The van der Waals surface area contributed by atoms with Crippen molar-refractivity contribution < 1.29 is 4.39 Å². The van der Waals surface area contributed by atoms with Gasteiger partial charge in [0.25, 0.3) is 0 Å². The van der Waals surface area contributed by atoms with E-state index in [4.69, 9.17) is 0 Å². The molecule has 0 unspecified atom stereocenters. The Kier molecular flexibility index (Phi) is 2.02. The van der Waals surface area contributed by atoms with Gasteiger partial charge in [-0.1, -0.05) is 19.9 Å². The number of nitrogens with one attached hydrogen (secondary N) is 1. The second-order valence-electron chi connectivity index (χ2n) is 3.88. The van der Waals surface area contributed by atoms with Crippen molar-refractivity contribution in [3.8, 4) is 0 Å². The minimum atomic E-state index is -0.192. The topological polar surface area (TPSA) is 28.7 Å². The molecular formula is C11H13FN2. The van der Waals surface area contributed by atoms with E-state index in [2.05, 4.69) is 10.2 Å². The van der Waals surface area contributed by atoms with Gasteiger partial charge in [-0.25, -0.2) is 4.39 Å². The van der Waals surface area contributed by atoms with Crippen LogP contribution in [0, 0.1) is 12.7 Å². The molecule has 0 bridgehead atoms. The number of H-pyrrole nitrogens is 1. The SMILES string of the molecule is Cc1ccc(F)c2c(C(C)C)n[nH]c12. The van der Waals surface area contributed by atoms with Crippen LogP contribution in [0.25, 0.3) is 10.9 Å². The van der Waals surface area contributed by atoms with Crippen molar-refractivity contribution in [2.75, 3.05) is 0 Å². The Balaban J connectivity index is 2.84. The lowest BCUT2D eigenvalue weighted by Gasteiger charge is -2.01. The Labute approximate surface area is 82.1 Å². The third-order valence-electron chi connectivity index (χ3n) is 2.45. The molecule has 0 saturated heterocycles. The zero-order valence-electron chi connectivity index (χ0n) is 8.56. The summed E-state index contributed by atoms with van der Waals surface area (Å²) in [5.41, 5.74) is 2.65. The van der Waals surface area contributed by atoms with Crippen molar-refractivity contribution in [3.05, 3.63) is 29.2 Å². The molecule has 2 nitrogen and oxygen atoms in total. The van der Waals surface area contributed by atoms with Crippen LogP contribution in [0.4, 0.5) is 4.39 Å². The second-order valence-corrected chi connectivity index (χ2v) is 3.88. The Bertz CT molecular complexity index is 471. The summed E-state index contributed by atoms with van der Waals surface area (Å²) >= 11 is 0. The summed E-state index contributed by atoms with van der Waals surface area (Å²) < 4.78 is 13.6. The molecule has 0 fully saturated rings. The highest BCUT2D eigenvalue weighted by Crippen LogP contribution is 2.27. The number of benzene rings is 1. The van der Waals surface area contributed by atoms with Gasteiger partial charge < -0.3 is 0 Å². The molecule has 1 heterocycles. The number of hydrogen-bond acceptors (Lipinski definition) is 1.